The predicted octanol–water partition coefficient (Wildman–Crippen LogP) is 2.59. The molecule has 0 spiro atoms. The van der Waals surface area contributed by atoms with E-state index >= 15 is 0 Å². The van der Waals surface area contributed by atoms with E-state index < -0.39 is 5.97 Å². The van der Waals surface area contributed by atoms with Gasteiger partial charge in [0.2, 0.25) is 5.43 Å². The number of rotatable bonds is 2. The number of fused-ring (bicyclic) bond motifs is 3. The van der Waals surface area contributed by atoms with Crippen molar-refractivity contribution in [2.75, 3.05) is 12.4 Å². The summed E-state index contributed by atoms with van der Waals surface area (Å²) in [7, 11) is 0. The van der Waals surface area contributed by atoms with Crippen LogP contribution in [0.1, 0.15) is 22.8 Å². The second-order valence-electron chi connectivity index (χ2n) is 4.70. The van der Waals surface area contributed by atoms with Crippen LogP contribution in [-0.4, -0.2) is 22.9 Å². The molecule has 0 bridgehead atoms. The SMILES string of the molecule is CCOC(=O)c1c2n(c3cccc(C)c3c1=O)CCS2. The maximum atomic E-state index is 12.7. The van der Waals surface area contributed by atoms with Crippen molar-refractivity contribution in [3.05, 3.63) is 39.5 Å². The zero-order valence-corrected chi connectivity index (χ0v) is 12.3. The molecule has 1 aromatic carbocycles. The van der Waals surface area contributed by atoms with Crippen LogP contribution in [0.5, 0.6) is 0 Å². The summed E-state index contributed by atoms with van der Waals surface area (Å²) >= 11 is 1.55. The van der Waals surface area contributed by atoms with Crippen LogP contribution >= 0.6 is 11.8 Å². The van der Waals surface area contributed by atoms with Gasteiger partial charge in [-0.25, -0.2) is 4.79 Å². The number of hydrogen-bond donors (Lipinski definition) is 0. The highest BCUT2D eigenvalue weighted by Crippen LogP contribution is 2.32. The average molecular weight is 289 g/mol. The van der Waals surface area contributed by atoms with Gasteiger partial charge in [-0.2, -0.15) is 0 Å². The molecule has 0 atom stereocenters. The molecule has 0 N–H and O–H groups in total. The van der Waals surface area contributed by atoms with E-state index in [0.29, 0.717) is 5.39 Å². The molecule has 3 rings (SSSR count). The Kier molecular flexibility index (Phi) is 3.30. The number of pyridine rings is 1. The minimum absolute atomic E-state index is 0.191. The summed E-state index contributed by atoms with van der Waals surface area (Å²) < 4.78 is 7.11. The Labute approximate surface area is 120 Å². The summed E-state index contributed by atoms with van der Waals surface area (Å²) in [5, 5.41) is 1.37. The van der Waals surface area contributed by atoms with E-state index in [1.54, 1.807) is 18.7 Å². The van der Waals surface area contributed by atoms with Gasteiger partial charge in [0.1, 0.15) is 5.56 Å². The number of thioether (sulfide) groups is 1. The lowest BCUT2D eigenvalue weighted by Crippen LogP contribution is -2.22. The van der Waals surface area contributed by atoms with Crippen molar-refractivity contribution in [2.24, 2.45) is 0 Å². The molecule has 2 heterocycles. The molecule has 5 heteroatoms. The van der Waals surface area contributed by atoms with Crippen molar-refractivity contribution < 1.29 is 9.53 Å². The lowest BCUT2D eigenvalue weighted by Gasteiger charge is -2.13. The maximum absolute atomic E-state index is 12.7. The van der Waals surface area contributed by atoms with Crippen molar-refractivity contribution in [3.63, 3.8) is 0 Å². The fourth-order valence-electron chi connectivity index (χ4n) is 2.63. The number of carbonyl (C=O) groups is 1. The van der Waals surface area contributed by atoms with Crippen LogP contribution in [0, 0.1) is 6.92 Å². The van der Waals surface area contributed by atoms with E-state index in [2.05, 4.69) is 4.57 Å². The zero-order chi connectivity index (χ0) is 14.3. The molecule has 104 valence electrons. The second-order valence-corrected chi connectivity index (χ2v) is 5.78. The molecular weight excluding hydrogens is 274 g/mol. The van der Waals surface area contributed by atoms with Gasteiger partial charge in [-0.3, -0.25) is 4.79 Å². The summed E-state index contributed by atoms with van der Waals surface area (Å²) in [6.45, 7) is 4.73. The Bertz CT molecular complexity index is 764. The smallest absolute Gasteiger partial charge is 0.344 e. The Morgan fingerprint density at radius 1 is 1.45 bits per heavy atom. The first kappa shape index (κ1) is 13.2. The fourth-order valence-corrected chi connectivity index (χ4v) is 3.76. The quantitative estimate of drug-likeness (QED) is 0.797. The van der Waals surface area contributed by atoms with Crippen LogP contribution in [0.4, 0.5) is 0 Å². The third-order valence-electron chi connectivity index (χ3n) is 3.49. The normalized spacial score (nSPS) is 13.5. The molecule has 0 saturated carbocycles. The Morgan fingerprint density at radius 3 is 3.00 bits per heavy atom. The number of carbonyl (C=O) groups excluding carboxylic acids is 1. The molecule has 20 heavy (non-hydrogen) atoms. The van der Waals surface area contributed by atoms with E-state index in [9.17, 15) is 9.59 Å². The molecule has 1 aliphatic rings. The number of hydrogen-bond acceptors (Lipinski definition) is 4. The summed E-state index contributed by atoms with van der Waals surface area (Å²) in [5.74, 6) is 0.361. The standard InChI is InChI=1S/C15H15NO3S/c1-3-19-15(18)12-13(17)11-9(2)5-4-6-10(11)16-7-8-20-14(12)16/h4-6H,3,7-8H2,1-2H3. The van der Waals surface area contributed by atoms with Gasteiger partial charge in [0.25, 0.3) is 0 Å². The number of ether oxygens (including phenoxy) is 1. The van der Waals surface area contributed by atoms with E-state index in [-0.39, 0.29) is 17.6 Å². The van der Waals surface area contributed by atoms with Crippen LogP contribution in [0.15, 0.2) is 28.0 Å². The van der Waals surface area contributed by atoms with Crippen LogP contribution in [-0.2, 0) is 11.3 Å². The number of benzene rings is 1. The first-order valence-electron chi connectivity index (χ1n) is 6.61. The first-order valence-corrected chi connectivity index (χ1v) is 7.59. The summed E-state index contributed by atoms with van der Waals surface area (Å²) in [5.41, 5.74) is 1.78. The van der Waals surface area contributed by atoms with Crippen LogP contribution in [0.2, 0.25) is 0 Å². The van der Waals surface area contributed by atoms with Crippen LogP contribution in [0.3, 0.4) is 0 Å². The molecule has 1 aliphatic heterocycles. The topological polar surface area (TPSA) is 48.3 Å². The number of esters is 1. The van der Waals surface area contributed by atoms with Crippen molar-refractivity contribution >= 4 is 28.6 Å². The number of aryl methyl sites for hydroxylation is 2. The molecule has 0 unspecified atom stereocenters. The highest BCUT2D eigenvalue weighted by Gasteiger charge is 2.27. The third kappa shape index (κ3) is 1.85. The summed E-state index contributed by atoms with van der Waals surface area (Å²) in [6.07, 6.45) is 0. The minimum atomic E-state index is -0.513. The Hall–Kier alpha value is -1.75. The largest absolute Gasteiger partial charge is 0.462 e. The molecule has 0 amide bonds. The van der Waals surface area contributed by atoms with Gasteiger partial charge in [-0.15, -0.1) is 11.8 Å². The van der Waals surface area contributed by atoms with Gasteiger partial charge >= 0.3 is 5.97 Å². The minimum Gasteiger partial charge on any atom is -0.462 e. The van der Waals surface area contributed by atoms with Crippen molar-refractivity contribution in [3.8, 4) is 0 Å². The lowest BCUT2D eigenvalue weighted by molar-refractivity contribution is 0.0519. The van der Waals surface area contributed by atoms with E-state index in [4.69, 9.17) is 4.74 Å². The molecule has 0 radical (unpaired) electrons. The Balaban J connectivity index is 2.42. The highest BCUT2D eigenvalue weighted by atomic mass is 32.2. The summed E-state index contributed by atoms with van der Waals surface area (Å²) in [4.78, 5) is 24.8. The van der Waals surface area contributed by atoms with E-state index in [1.165, 1.54) is 0 Å². The van der Waals surface area contributed by atoms with Gasteiger partial charge in [0, 0.05) is 17.7 Å². The molecule has 2 aromatic rings. The van der Waals surface area contributed by atoms with Crippen LogP contribution < -0.4 is 5.43 Å². The van der Waals surface area contributed by atoms with Gasteiger partial charge < -0.3 is 9.30 Å². The van der Waals surface area contributed by atoms with E-state index in [0.717, 1.165) is 28.4 Å². The Morgan fingerprint density at radius 2 is 2.25 bits per heavy atom. The number of aromatic nitrogens is 1. The lowest BCUT2D eigenvalue weighted by atomic mass is 10.1. The first-order chi connectivity index (χ1) is 9.65. The number of nitrogens with zero attached hydrogens (tertiary/aromatic N) is 1. The van der Waals surface area contributed by atoms with Crippen molar-refractivity contribution in [1.82, 2.24) is 4.57 Å². The van der Waals surface area contributed by atoms with Crippen molar-refractivity contribution in [1.29, 1.82) is 0 Å². The predicted molar refractivity (Wildman–Crippen MR) is 79.6 cm³/mol. The molecule has 1 aromatic heterocycles. The monoisotopic (exact) mass is 289 g/mol. The second kappa shape index (κ2) is 4.98. The molecule has 0 saturated heterocycles. The van der Waals surface area contributed by atoms with Gasteiger partial charge in [-0.1, -0.05) is 12.1 Å². The van der Waals surface area contributed by atoms with Crippen molar-refractivity contribution in [2.45, 2.75) is 25.4 Å². The van der Waals surface area contributed by atoms with Gasteiger partial charge in [0.15, 0.2) is 0 Å². The van der Waals surface area contributed by atoms with Gasteiger partial charge in [-0.05, 0) is 25.5 Å². The average Bonchev–Trinajstić information content (AvgIpc) is 2.88. The fraction of sp³-hybridized carbons (Fsp3) is 0.333. The molecule has 4 nitrogen and oxygen atoms in total. The van der Waals surface area contributed by atoms with Gasteiger partial charge in [0.05, 0.1) is 17.1 Å². The molecule has 0 aliphatic carbocycles. The van der Waals surface area contributed by atoms with E-state index in [1.807, 2.05) is 25.1 Å². The maximum Gasteiger partial charge on any atom is 0.344 e. The van der Waals surface area contributed by atoms with Crippen LogP contribution in [0.25, 0.3) is 10.9 Å². The molecular formula is C15H15NO3S. The molecule has 0 fully saturated rings. The zero-order valence-electron chi connectivity index (χ0n) is 11.4. The summed E-state index contributed by atoms with van der Waals surface area (Å²) in [6, 6.07) is 5.78. The highest BCUT2D eigenvalue weighted by molar-refractivity contribution is 7.99. The third-order valence-corrected chi connectivity index (χ3v) is 4.57.